The molecule has 2 aromatic rings. The molecule has 2 nitrogen and oxygen atoms in total. The Morgan fingerprint density at radius 2 is 1.71 bits per heavy atom. The monoisotopic (exact) mass is 298 g/mol. The molecule has 1 saturated carbocycles. The Labute approximate surface area is 131 Å². The lowest BCUT2D eigenvalue weighted by Gasteiger charge is -2.11. The molecule has 0 atom stereocenters. The van der Waals surface area contributed by atoms with Gasteiger partial charge in [0.05, 0.1) is 0 Å². The smallest absolute Gasteiger partial charge is 0.0421 e. The summed E-state index contributed by atoms with van der Waals surface area (Å²) in [7, 11) is 0. The van der Waals surface area contributed by atoms with Crippen molar-refractivity contribution in [2.75, 3.05) is 11.1 Å². The van der Waals surface area contributed by atoms with Crippen molar-refractivity contribution in [2.45, 2.75) is 42.4 Å². The summed E-state index contributed by atoms with van der Waals surface area (Å²) in [5.74, 6) is 0. The van der Waals surface area contributed by atoms with Crippen molar-refractivity contribution >= 4 is 23.1 Å². The number of hydrogen-bond donors (Lipinski definition) is 2. The van der Waals surface area contributed by atoms with E-state index < -0.39 is 0 Å². The summed E-state index contributed by atoms with van der Waals surface area (Å²) in [5.41, 5.74) is 9.09. The van der Waals surface area contributed by atoms with Crippen LogP contribution in [0.15, 0.2) is 53.4 Å². The molecule has 0 radical (unpaired) electrons. The van der Waals surface area contributed by atoms with Crippen LogP contribution < -0.4 is 11.1 Å². The fourth-order valence-electron chi connectivity index (χ4n) is 2.74. The Morgan fingerprint density at radius 3 is 2.43 bits per heavy atom. The second-order valence-corrected chi connectivity index (χ2v) is 6.97. The Bertz CT molecular complexity index is 574. The molecule has 1 aliphatic carbocycles. The number of anilines is 2. The number of thioether (sulfide) groups is 1. The van der Waals surface area contributed by atoms with Crippen LogP contribution in [0.3, 0.4) is 0 Å². The first kappa shape index (κ1) is 14.3. The number of nitrogens with one attached hydrogen (secondary N) is 1. The summed E-state index contributed by atoms with van der Waals surface area (Å²) in [4.78, 5) is 1.38. The first-order valence-electron chi connectivity index (χ1n) is 7.65. The number of para-hydroxylation sites is 1. The lowest BCUT2D eigenvalue weighted by Crippen LogP contribution is -2.02. The molecule has 0 spiro atoms. The van der Waals surface area contributed by atoms with Crippen molar-refractivity contribution in [3.05, 3.63) is 54.1 Å². The zero-order valence-corrected chi connectivity index (χ0v) is 13.0. The maximum atomic E-state index is 5.96. The normalized spacial score (nSPS) is 15.2. The summed E-state index contributed by atoms with van der Waals surface area (Å²) in [6.45, 7) is 0.766. The SMILES string of the molecule is Nc1ccccc1CNc1ccc(SC2CCCC2)cc1. The minimum absolute atomic E-state index is 0.766. The van der Waals surface area contributed by atoms with Crippen molar-refractivity contribution in [3.8, 4) is 0 Å². The van der Waals surface area contributed by atoms with Gasteiger partial charge >= 0.3 is 0 Å². The highest BCUT2D eigenvalue weighted by Gasteiger charge is 2.15. The van der Waals surface area contributed by atoms with Gasteiger partial charge < -0.3 is 11.1 Å². The molecule has 21 heavy (non-hydrogen) atoms. The predicted molar refractivity (Wildman–Crippen MR) is 92.7 cm³/mol. The molecule has 2 aromatic carbocycles. The van der Waals surface area contributed by atoms with Crippen LogP contribution >= 0.6 is 11.8 Å². The van der Waals surface area contributed by atoms with E-state index in [2.05, 4.69) is 35.6 Å². The van der Waals surface area contributed by atoms with Gasteiger partial charge in [-0.1, -0.05) is 31.0 Å². The molecule has 0 saturated heterocycles. The van der Waals surface area contributed by atoms with Crippen LogP contribution in [0.5, 0.6) is 0 Å². The van der Waals surface area contributed by atoms with E-state index in [0.717, 1.165) is 28.7 Å². The van der Waals surface area contributed by atoms with Crippen molar-refractivity contribution in [2.24, 2.45) is 0 Å². The van der Waals surface area contributed by atoms with Crippen molar-refractivity contribution in [1.82, 2.24) is 0 Å². The average Bonchev–Trinajstić information content (AvgIpc) is 3.01. The van der Waals surface area contributed by atoms with Gasteiger partial charge in [-0.05, 0) is 48.7 Å². The van der Waals surface area contributed by atoms with Crippen LogP contribution in [-0.2, 0) is 6.54 Å². The number of nitrogens with two attached hydrogens (primary N) is 1. The standard InChI is InChI=1S/C18H22N2S/c19-18-8-4-1-5-14(18)13-20-15-9-11-17(12-10-15)21-16-6-2-3-7-16/h1,4-5,8-12,16,20H,2-3,6-7,13,19H2. The lowest BCUT2D eigenvalue weighted by atomic mass is 10.2. The minimum atomic E-state index is 0.766. The third-order valence-electron chi connectivity index (χ3n) is 4.00. The molecule has 0 unspecified atom stereocenters. The molecule has 1 fully saturated rings. The maximum Gasteiger partial charge on any atom is 0.0421 e. The molecule has 3 N–H and O–H groups in total. The third-order valence-corrected chi connectivity index (χ3v) is 5.35. The predicted octanol–water partition coefficient (Wildman–Crippen LogP) is 4.92. The first-order valence-corrected chi connectivity index (χ1v) is 8.53. The third kappa shape index (κ3) is 3.94. The molecule has 0 aliphatic heterocycles. The second-order valence-electron chi connectivity index (χ2n) is 5.60. The molecule has 0 aromatic heterocycles. The quantitative estimate of drug-likeness (QED) is 0.770. The highest BCUT2D eigenvalue weighted by Crippen LogP contribution is 2.34. The van der Waals surface area contributed by atoms with E-state index in [-0.39, 0.29) is 0 Å². The van der Waals surface area contributed by atoms with Crippen LogP contribution in [0.1, 0.15) is 31.2 Å². The molecule has 1 aliphatic rings. The highest BCUT2D eigenvalue weighted by atomic mass is 32.2. The van der Waals surface area contributed by atoms with E-state index in [1.165, 1.54) is 30.6 Å². The van der Waals surface area contributed by atoms with Crippen LogP contribution in [-0.4, -0.2) is 5.25 Å². The molecule has 110 valence electrons. The van der Waals surface area contributed by atoms with Gasteiger partial charge in [-0.15, -0.1) is 11.8 Å². The highest BCUT2D eigenvalue weighted by molar-refractivity contribution is 8.00. The van der Waals surface area contributed by atoms with Crippen molar-refractivity contribution in [1.29, 1.82) is 0 Å². The molecule has 0 amide bonds. The Balaban J connectivity index is 1.55. The van der Waals surface area contributed by atoms with Gasteiger partial charge in [0.25, 0.3) is 0 Å². The zero-order chi connectivity index (χ0) is 14.5. The number of benzene rings is 2. The Hall–Kier alpha value is -1.61. The number of hydrogen-bond acceptors (Lipinski definition) is 3. The molecule has 3 heteroatoms. The Kier molecular flexibility index (Phi) is 4.71. The van der Waals surface area contributed by atoms with Gasteiger partial charge in [0.15, 0.2) is 0 Å². The summed E-state index contributed by atoms with van der Waals surface area (Å²) < 4.78 is 0. The van der Waals surface area contributed by atoms with Crippen LogP contribution in [0, 0.1) is 0 Å². The summed E-state index contributed by atoms with van der Waals surface area (Å²) in [6.07, 6.45) is 5.54. The van der Waals surface area contributed by atoms with Gasteiger partial charge in [-0.3, -0.25) is 0 Å². The molecule has 0 bridgehead atoms. The summed E-state index contributed by atoms with van der Waals surface area (Å²) in [5, 5.41) is 4.26. The van der Waals surface area contributed by atoms with E-state index in [9.17, 15) is 0 Å². The average molecular weight is 298 g/mol. The van der Waals surface area contributed by atoms with Crippen molar-refractivity contribution in [3.63, 3.8) is 0 Å². The largest absolute Gasteiger partial charge is 0.398 e. The minimum Gasteiger partial charge on any atom is -0.398 e. The van der Waals surface area contributed by atoms with Gasteiger partial charge in [-0.25, -0.2) is 0 Å². The lowest BCUT2D eigenvalue weighted by molar-refractivity contribution is 0.886. The van der Waals surface area contributed by atoms with Crippen LogP contribution in [0.2, 0.25) is 0 Å². The van der Waals surface area contributed by atoms with Gasteiger partial charge in [0.2, 0.25) is 0 Å². The second kappa shape index (κ2) is 6.90. The molecule has 3 rings (SSSR count). The van der Waals surface area contributed by atoms with E-state index in [4.69, 9.17) is 5.73 Å². The molecular weight excluding hydrogens is 276 g/mol. The van der Waals surface area contributed by atoms with Crippen LogP contribution in [0.4, 0.5) is 11.4 Å². The van der Waals surface area contributed by atoms with Gasteiger partial charge in [0, 0.05) is 28.1 Å². The van der Waals surface area contributed by atoms with Crippen molar-refractivity contribution < 1.29 is 0 Å². The Morgan fingerprint density at radius 1 is 1.00 bits per heavy atom. The summed E-state index contributed by atoms with van der Waals surface area (Å²) in [6, 6.07) is 16.8. The fourth-order valence-corrected chi connectivity index (χ4v) is 3.99. The summed E-state index contributed by atoms with van der Waals surface area (Å²) >= 11 is 2.03. The van der Waals surface area contributed by atoms with E-state index in [1.54, 1.807) is 0 Å². The van der Waals surface area contributed by atoms with E-state index in [0.29, 0.717) is 0 Å². The van der Waals surface area contributed by atoms with Gasteiger partial charge in [0.1, 0.15) is 0 Å². The molecular formula is C18H22N2S. The van der Waals surface area contributed by atoms with E-state index >= 15 is 0 Å². The number of nitrogen functional groups attached to an aromatic ring is 1. The number of rotatable bonds is 5. The van der Waals surface area contributed by atoms with Gasteiger partial charge in [-0.2, -0.15) is 0 Å². The topological polar surface area (TPSA) is 38.0 Å². The zero-order valence-electron chi connectivity index (χ0n) is 12.2. The maximum absolute atomic E-state index is 5.96. The molecule has 0 heterocycles. The van der Waals surface area contributed by atoms with Crippen LogP contribution in [0.25, 0.3) is 0 Å². The fraction of sp³-hybridized carbons (Fsp3) is 0.333. The van der Waals surface area contributed by atoms with E-state index in [1.807, 2.05) is 30.0 Å². The first-order chi connectivity index (χ1) is 10.3.